The summed E-state index contributed by atoms with van der Waals surface area (Å²) in [7, 11) is 0. The zero-order chi connectivity index (χ0) is 13.2. The summed E-state index contributed by atoms with van der Waals surface area (Å²) in [6, 6.07) is 14.9. The molecule has 0 saturated heterocycles. The first-order valence-corrected chi connectivity index (χ1v) is 7.07. The van der Waals surface area contributed by atoms with Gasteiger partial charge in [0.15, 0.2) is 0 Å². The standard InChI is InChI=1S/C16H15BrN2/c1-11-6-14(17)9-15(7-11)19-10-12-2-3-16-13(8-12)4-5-18-16/h2-9,18-19H,10H2,1H3. The van der Waals surface area contributed by atoms with Crippen molar-refractivity contribution in [3.63, 3.8) is 0 Å². The Hall–Kier alpha value is -1.74. The molecule has 0 aliphatic carbocycles. The third kappa shape index (κ3) is 2.82. The lowest BCUT2D eigenvalue weighted by molar-refractivity contribution is 1.15. The van der Waals surface area contributed by atoms with E-state index in [2.05, 4.69) is 75.6 Å². The lowest BCUT2D eigenvalue weighted by Gasteiger charge is -2.08. The minimum absolute atomic E-state index is 0.830. The van der Waals surface area contributed by atoms with Gasteiger partial charge in [0, 0.05) is 28.4 Å². The molecule has 0 radical (unpaired) electrons. The summed E-state index contributed by atoms with van der Waals surface area (Å²) < 4.78 is 1.11. The van der Waals surface area contributed by atoms with Crippen LogP contribution in [0.25, 0.3) is 10.9 Å². The SMILES string of the molecule is Cc1cc(Br)cc(NCc2ccc3[nH]ccc3c2)c1. The van der Waals surface area contributed by atoms with Gasteiger partial charge in [0.2, 0.25) is 0 Å². The van der Waals surface area contributed by atoms with Gasteiger partial charge in [-0.05, 0) is 59.8 Å². The number of halogens is 1. The van der Waals surface area contributed by atoms with Crippen LogP contribution in [0.5, 0.6) is 0 Å². The summed E-state index contributed by atoms with van der Waals surface area (Å²) in [5.41, 5.74) is 4.85. The molecule has 0 aliphatic heterocycles. The number of H-pyrrole nitrogens is 1. The minimum Gasteiger partial charge on any atom is -0.381 e. The highest BCUT2D eigenvalue weighted by molar-refractivity contribution is 9.10. The fourth-order valence-electron chi connectivity index (χ4n) is 2.26. The van der Waals surface area contributed by atoms with Crippen LogP contribution < -0.4 is 5.32 Å². The minimum atomic E-state index is 0.830. The van der Waals surface area contributed by atoms with Gasteiger partial charge >= 0.3 is 0 Å². The monoisotopic (exact) mass is 314 g/mol. The van der Waals surface area contributed by atoms with Crippen LogP contribution in [0.2, 0.25) is 0 Å². The van der Waals surface area contributed by atoms with Crippen LogP contribution in [0.4, 0.5) is 5.69 Å². The van der Waals surface area contributed by atoms with Crippen molar-refractivity contribution >= 4 is 32.5 Å². The van der Waals surface area contributed by atoms with Crippen LogP contribution in [-0.4, -0.2) is 4.98 Å². The predicted octanol–water partition coefficient (Wildman–Crippen LogP) is 4.85. The van der Waals surface area contributed by atoms with Crippen molar-refractivity contribution in [3.8, 4) is 0 Å². The van der Waals surface area contributed by atoms with E-state index in [0.717, 1.165) is 16.7 Å². The number of aryl methyl sites for hydroxylation is 1. The third-order valence-corrected chi connectivity index (χ3v) is 3.61. The molecule has 0 unspecified atom stereocenters. The van der Waals surface area contributed by atoms with Gasteiger partial charge in [-0.2, -0.15) is 0 Å². The third-order valence-electron chi connectivity index (χ3n) is 3.16. The van der Waals surface area contributed by atoms with Crippen LogP contribution in [-0.2, 0) is 6.54 Å². The van der Waals surface area contributed by atoms with E-state index in [9.17, 15) is 0 Å². The highest BCUT2D eigenvalue weighted by atomic mass is 79.9. The Morgan fingerprint density at radius 2 is 2.00 bits per heavy atom. The van der Waals surface area contributed by atoms with E-state index < -0.39 is 0 Å². The van der Waals surface area contributed by atoms with Crippen molar-refractivity contribution in [1.29, 1.82) is 0 Å². The van der Waals surface area contributed by atoms with Crippen LogP contribution in [0.1, 0.15) is 11.1 Å². The summed E-state index contributed by atoms with van der Waals surface area (Å²) in [6.45, 7) is 2.93. The molecule has 3 heteroatoms. The molecule has 0 bridgehead atoms. The second-order valence-corrected chi connectivity index (χ2v) is 5.69. The molecule has 0 fully saturated rings. The number of hydrogen-bond donors (Lipinski definition) is 2. The summed E-state index contributed by atoms with van der Waals surface area (Å²) in [6.07, 6.45) is 1.97. The molecule has 1 heterocycles. The molecule has 0 atom stereocenters. The number of fused-ring (bicyclic) bond motifs is 1. The quantitative estimate of drug-likeness (QED) is 0.710. The smallest absolute Gasteiger partial charge is 0.0454 e. The van der Waals surface area contributed by atoms with E-state index >= 15 is 0 Å². The van der Waals surface area contributed by atoms with E-state index in [0.29, 0.717) is 0 Å². The highest BCUT2D eigenvalue weighted by Gasteiger charge is 1.99. The molecule has 19 heavy (non-hydrogen) atoms. The number of aromatic amines is 1. The van der Waals surface area contributed by atoms with Gasteiger partial charge in [-0.25, -0.2) is 0 Å². The molecule has 0 amide bonds. The van der Waals surface area contributed by atoms with Gasteiger partial charge in [-0.15, -0.1) is 0 Å². The van der Waals surface area contributed by atoms with Crippen molar-refractivity contribution in [1.82, 2.24) is 4.98 Å². The van der Waals surface area contributed by atoms with Crippen molar-refractivity contribution in [3.05, 3.63) is 64.3 Å². The first kappa shape index (κ1) is 12.3. The van der Waals surface area contributed by atoms with Gasteiger partial charge in [-0.3, -0.25) is 0 Å². The number of rotatable bonds is 3. The van der Waals surface area contributed by atoms with Gasteiger partial charge in [0.25, 0.3) is 0 Å². The van der Waals surface area contributed by atoms with E-state index in [1.165, 1.54) is 22.0 Å². The van der Waals surface area contributed by atoms with E-state index in [1.54, 1.807) is 0 Å². The van der Waals surface area contributed by atoms with Gasteiger partial charge in [0.1, 0.15) is 0 Å². The number of nitrogens with one attached hydrogen (secondary N) is 2. The molecular formula is C16H15BrN2. The molecule has 0 saturated carbocycles. The average Bonchev–Trinajstić information content (AvgIpc) is 2.82. The maximum atomic E-state index is 3.52. The lowest BCUT2D eigenvalue weighted by Crippen LogP contribution is -1.99. The zero-order valence-corrected chi connectivity index (χ0v) is 12.3. The molecule has 2 nitrogen and oxygen atoms in total. The van der Waals surface area contributed by atoms with Crippen LogP contribution in [0, 0.1) is 6.92 Å². The Morgan fingerprint density at radius 3 is 2.84 bits per heavy atom. The van der Waals surface area contributed by atoms with Gasteiger partial charge in [-0.1, -0.05) is 22.0 Å². The Morgan fingerprint density at radius 1 is 1.11 bits per heavy atom. The normalized spacial score (nSPS) is 10.8. The number of aromatic nitrogens is 1. The molecule has 3 aromatic rings. The maximum absolute atomic E-state index is 3.52. The summed E-state index contributed by atoms with van der Waals surface area (Å²) >= 11 is 3.52. The molecule has 1 aromatic heterocycles. The zero-order valence-electron chi connectivity index (χ0n) is 10.7. The fourth-order valence-corrected chi connectivity index (χ4v) is 2.86. The molecule has 0 aliphatic rings. The summed E-state index contributed by atoms with van der Waals surface area (Å²) in [4.78, 5) is 3.21. The van der Waals surface area contributed by atoms with Crippen LogP contribution in [0.3, 0.4) is 0 Å². The van der Waals surface area contributed by atoms with Gasteiger partial charge < -0.3 is 10.3 Å². The summed E-state index contributed by atoms with van der Waals surface area (Å²) in [5, 5.41) is 4.71. The first-order chi connectivity index (χ1) is 9.20. The Balaban J connectivity index is 1.77. The van der Waals surface area contributed by atoms with Crippen molar-refractivity contribution in [2.24, 2.45) is 0 Å². The topological polar surface area (TPSA) is 27.8 Å². The Kier molecular flexibility index (Phi) is 3.30. The molecule has 2 aromatic carbocycles. The van der Waals surface area contributed by atoms with Crippen molar-refractivity contribution in [2.45, 2.75) is 13.5 Å². The van der Waals surface area contributed by atoms with E-state index in [4.69, 9.17) is 0 Å². The average molecular weight is 315 g/mol. The highest BCUT2D eigenvalue weighted by Crippen LogP contribution is 2.20. The number of benzene rings is 2. The lowest BCUT2D eigenvalue weighted by atomic mass is 10.1. The first-order valence-electron chi connectivity index (χ1n) is 6.28. The number of hydrogen-bond acceptors (Lipinski definition) is 1. The van der Waals surface area contributed by atoms with E-state index in [-0.39, 0.29) is 0 Å². The Labute approximate surface area is 121 Å². The second kappa shape index (κ2) is 5.10. The molecule has 2 N–H and O–H groups in total. The molecule has 3 rings (SSSR count). The van der Waals surface area contributed by atoms with E-state index in [1.807, 2.05) is 6.20 Å². The van der Waals surface area contributed by atoms with Crippen molar-refractivity contribution in [2.75, 3.05) is 5.32 Å². The number of anilines is 1. The predicted molar refractivity (Wildman–Crippen MR) is 84.5 cm³/mol. The van der Waals surface area contributed by atoms with Gasteiger partial charge in [0.05, 0.1) is 0 Å². The summed E-state index contributed by atoms with van der Waals surface area (Å²) in [5.74, 6) is 0. The van der Waals surface area contributed by atoms with Crippen LogP contribution >= 0.6 is 15.9 Å². The Bertz CT molecular complexity index is 695. The largest absolute Gasteiger partial charge is 0.381 e. The second-order valence-electron chi connectivity index (χ2n) is 4.77. The van der Waals surface area contributed by atoms with Crippen molar-refractivity contribution < 1.29 is 0 Å². The van der Waals surface area contributed by atoms with Crippen LogP contribution in [0.15, 0.2) is 53.1 Å². The molecular weight excluding hydrogens is 300 g/mol. The molecule has 96 valence electrons. The fraction of sp³-hybridized carbons (Fsp3) is 0.125. The molecule has 0 spiro atoms. The maximum Gasteiger partial charge on any atom is 0.0454 e.